The molecule has 0 radical (unpaired) electrons. The Morgan fingerprint density at radius 3 is 2.61 bits per heavy atom. The number of aromatic nitrogens is 1. The minimum Gasteiger partial charge on any atom is -0.390 e. The second-order valence-corrected chi connectivity index (χ2v) is 6.25. The summed E-state index contributed by atoms with van der Waals surface area (Å²) in [6.07, 6.45) is 4.20. The van der Waals surface area contributed by atoms with Crippen LogP contribution in [0, 0.1) is 0 Å². The number of aliphatic hydroxyl groups excluding tert-OH is 1. The predicted octanol–water partition coefficient (Wildman–Crippen LogP) is 4.32. The molecule has 3 atom stereocenters. The van der Waals surface area contributed by atoms with Gasteiger partial charge in [-0.1, -0.05) is 47.5 Å². The minimum absolute atomic E-state index is 0.365. The van der Waals surface area contributed by atoms with Crippen LogP contribution in [0.2, 0.25) is 10.0 Å². The highest BCUT2D eigenvalue weighted by Gasteiger charge is 2.44. The van der Waals surface area contributed by atoms with E-state index in [1.54, 1.807) is 55.7 Å². The molecule has 122 valence electrons. The summed E-state index contributed by atoms with van der Waals surface area (Å²) < 4.78 is 0. The monoisotopic (exact) mass is 351 g/mol. The molecule has 2 rings (SSSR count). The minimum atomic E-state index is -1.57. The van der Waals surface area contributed by atoms with E-state index in [0.717, 1.165) is 0 Å². The molecule has 23 heavy (non-hydrogen) atoms. The Bertz CT molecular complexity index is 676. The van der Waals surface area contributed by atoms with E-state index in [-0.39, 0.29) is 0 Å². The Balaban J connectivity index is 2.65. The van der Waals surface area contributed by atoms with Gasteiger partial charge in [0.2, 0.25) is 0 Å². The van der Waals surface area contributed by atoms with Gasteiger partial charge in [0.05, 0.1) is 16.1 Å². The molecule has 2 aromatic rings. The van der Waals surface area contributed by atoms with Gasteiger partial charge in [-0.15, -0.1) is 6.58 Å². The van der Waals surface area contributed by atoms with Crippen molar-refractivity contribution < 1.29 is 10.2 Å². The van der Waals surface area contributed by atoms with E-state index in [0.29, 0.717) is 27.6 Å². The lowest BCUT2D eigenvalue weighted by molar-refractivity contribution is -0.0912. The van der Waals surface area contributed by atoms with Crippen LogP contribution < -0.4 is 0 Å². The van der Waals surface area contributed by atoms with Crippen LogP contribution in [0.15, 0.2) is 55.4 Å². The number of nitrogens with zero attached hydrogens (tertiary/aromatic N) is 1. The summed E-state index contributed by atoms with van der Waals surface area (Å²) >= 11 is 12.5. The van der Waals surface area contributed by atoms with Crippen molar-refractivity contribution in [3.63, 3.8) is 0 Å². The van der Waals surface area contributed by atoms with Crippen LogP contribution in [-0.2, 0) is 5.60 Å². The molecule has 0 aliphatic carbocycles. The topological polar surface area (TPSA) is 53.4 Å². The first-order valence-corrected chi connectivity index (χ1v) is 8.04. The summed E-state index contributed by atoms with van der Waals surface area (Å²) in [4.78, 5) is 4.05. The fourth-order valence-corrected chi connectivity index (χ4v) is 3.27. The second kappa shape index (κ2) is 7.45. The third-order valence-corrected chi connectivity index (χ3v) is 4.88. The molecule has 2 N–H and O–H groups in total. The van der Waals surface area contributed by atoms with Crippen molar-refractivity contribution in [3.8, 4) is 0 Å². The third-order valence-electron chi connectivity index (χ3n) is 4.05. The van der Waals surface area contributed by atoms with E-state index in [2.05, 4.69) is 11.6 Å². The average molecular weight is 352 g/mol. The van der Waals surface area contributed by atoms with Crippen LogP contribution in [0.4, 0.5) is 0 Å². The maximum atomic E-state index is 11.4. The van der Waals surface area contributed by atoms with E-state index < -0.39 is 17.6 Å². The first-order valence-electron chi connectivity index (χ1n) is 7.28. The standard InChI is InChI=1S/C18H19Cl2NO2/c1-3-6-15(14-8-4-9-16(19)17(14)20)18(23,12(2)22)13-7-5-10-21-11-13/h3-5,7-12,15,22-23H,1,6H2,2H3. The van der Waals surface area contributed by atoms with E-state index in [9.17, 15) is 10.2 Å². The van der Waals surface area contributed by atoms with Crippen molar-refractivity contribution in [2.75, 3.05) is 0 Å². The molecule has 3 nitrogen and oxygen atoms in total. The highest BCUT2D eigenvalue weighted by atomic mass is 35.5. The predicted molar refractivity (Wildman–Crippen MR) is 93.8 cm³/mol. The third kappa shape index (κ3) is 3.43. The molecule has 1 aromatic carbocycles. The molecule has 0 aliphatic heterocycles. The number of benzene rings is 1. The summed E-state index contributed by atoms with van der Waals surface area (Å²) in [7, 11) is 0. The van der Waals surface area contributed by atoms with Crippen LogP contribution >= 0.6 is 23.2 Å². The number of rotatable bonds is 6. The summed E-state index contributed by atoms with van der Waals surface area (Å²) in [6.45, 7) is 5.30. The highest BCUT2D eigenvalue weighted by Crippen LogP contribution is 2.45. The van der Waals surface area contributed by atoms with E-state index >= 15 is 0 Å². The van der Waals surface area contributed by atoms with Gasteiger partial charge in [-0.3, -0.25) is 4.98 Å². The van der Waals surface area contributed by atoms with Crippen LogP contribution in [-0.4, -0.2) is 21.3 Å². The molecule has 0 aliphatic rings. The zero-order valence-electron chi connectivity index (χ0n) is 12.8. The van der Waals surface area contributed by atoms with Gasteiger partial charge in [0.1, 0.15) is 5.60 Å². The van der Waals surface area contributed by atoms with Gasteiger partial charge in [-0.25, -0.2) is 0 Å². The van der Waals surface area contributed by atoms with Gasteiger partial charge in [-0.05, 0) is 31.0 Å². The molecular weight excluding hydrogens is 333 g/mol. The Morgan fingerprint density at radius 1 is 1.30 bits per heavy atom. The fourth-order valence-electron chi connectivity index (χ4n) is 2.83. The van der Waals surface area contributed by atoms with Crippen LogP contribution in [0.5, 0.6) is 0 Å². The Kier molecular flexibility index (Phi) is 5.82. The summed E-state index contributed by atoms with van der Waals surface area (Å²) in [5.74, 6) is -0.518. The Hall–Kier alpha value is -1.39. The normalized spacial score (nSPS) is 16.4. The lowest BCUT2D eigenvalue weighted by atomic mass is 9.73. The van der Waals surface area contributed by atoms with Gasteiger partial charge in [0.25, 0.3) is 0 Å². The van der Waals surface area contributed by atoms with Crippen molar-refractivity contribution in [2.45, 2.75) is 31.0 Å². The first kappa shape index (κ1) is 18.0. The van der Waals surface area contributed by atoms with E-state index in [4.69, 9.17) is 23.2 Å². The fraction of sp³-hybridized carbons (Fsp3) is 0.278. The highest BCUT2D eigenvalue weighted by molar-refractivity contribution is 6.42. The van der Waals surface area contributed by atoms with Gasteiger partial charge < -0.3 is 10.2 Å². The van der Waals surface area contributed by atoms with Crippen LogP contribution in [0.25, 0.3) is 0 Å². The number of pyridine rings is 1. The smallest absolute Gasteiger partial charge is 0.124 e. The molecule has 0 bridgehead atoms. The summed E-state index contributed by atoms with van der Waals surface area (Å²) in [6, 6.07) is 8.70. The molecular formula is C18H19Cl2NO2. The van der Waals surface area contributed by atoms with Crippen LogP contribution in [0.3, 0.4) is 0 Å². The SMILES string of the molecule is C=CCC(c1cccc(Cl)c1Cl)C(O)(c1cccnc1)C(C)O. The first-order chi connectivity index (χ1) is 10.9. The van der Waals surface area contributed by atoms with Gasteiger partial charge in [-0.2, -0.15) is 0 Å². The number of allylic oxidation sites excluding steroid dienone is 1. The maximum absolute atomic E-state index is 11.4. The molecule has 0 spiro atoms. The lowest BCUT2D eigenvalue weighted by Crippen LogP contribution is -2.43. The molecule has 0 saturated carbocycles. The van der Waals surface area contributed by atoms with E-state index in [1.165, 1.54) is 0 Å². The van der Waals surface area contributed by atoms with E-state index in [1.807, 2.05) is 0 Å². The number of hydrogen-bond donors (Lipinski definition) is 2. The van der Waals surface area contributed by atoms with Gasteiger partial charge in [0.15, 0.2) is 0 Å². The zero-order chi connectivity index (χ0) is 17.0. The summed E-state index contributed by atoms with van der Waals surface area (Å²) in [5, 5.41) is 22.5. The molecule has 1 heterocycles. The second-order valence-electron chi connectivity index (χ2n) is 5.46. The molecule has 3 unspecified atom stereocenters. The van der Waals surface area contributed by atoms with Crippen molar-refractivity contribution in [1.29, 1.82) is 0 Å². The number of halogens is 2. The van der Waals surface area contributed by atoms with Gasteiger partial charge >= 0.3 is 0 Å². The van der Waals surface area contributed by atoms with Crippen molar-refractivity contribution >= 4 is 23.2 Å². The molecule has 0 amide bonds. The quantitative estimate of drug-likeness (QED) is 0.762. The molecule has 5 heteroatoms. The van der Waals surface area contributed by atoms with Crippen molar-refractivity contribution in [1.82, 2.24) is 4.98 Å². The molecule has 1 aromatic heterocycles. The molecule has 0 fully saturated rings. The maximum Gasteiger partial charge on any atom is 0.124 e. The summed E-state index contributed by atoms with van der Waals surface area (Å²) in [5.41, 5.74) is -0.402. The molecule has 0 saturated heterocycles. The Labute approximate surface area is 146 Å². The van der Waals surface area contributed by atoms with Gasteiger partial charge in [0, 0.05) is 23.9 Å². The lowest BCUT2D eigenvalue weighted by Gasteiger charge is -2.39. The Morgan fingerprint density at radius 2 is 2.04 bits per heavy atom. The zero-order valence-corrected chi connectivity index (χ0v) is 14.3. The van der Waals surface area contributed by atoms with Crippen molar-refractivity contribution in [3.05, 3.63) is 76.6 Å². The van der Waals surface area contributed by atoms with Crippen molar-refractivity contribution in [2.24, 2.45) is 0 Å². The number of hydrogen-bond acceptors (Lipinski definition) is 3. The number of aliphatic hydroxyl groups is 2. The largest absolute Gasteiger partial charge is 0.390 e. The van der Waals surface area contributed by atoms with Crippen LogP contribution in [0.1, 0.15) is 30.4 Å². The average Bonchev–Trinajstić information content (AvgIpc) is 2.55.